The average Bonchev–Trinajstić information content (AvgIpc) is 3.55. The monoisotopic (exact) mass is 417 g/mol. The number of esters is 1. The number of hydrogen-bond acceptors (Lipinski definition) is 6. The van der Waals surface area contributed by atoms with Crippen LogP contribution in [0.4, 0.5) is 0 Å². The number of ether oxygens (including phenoxy) is 4. The van der Waals surface area contributed by atoms with Gasteiger partial charge >= 0.3 is 5.97 Å². The largest absolute Gasteiger partial charge is 0.493 e. The molecule has 1 fully saturated rings. The van der Waals surface area contributed by atoms with Crippen molar-refractivity contribution >= 4 is 16.9 Å². The lowest BCUT2D eigenvalue weighted by molar-refractivity contribution is -0.140. The molecule has 1 saturated carbocycles. The highest BCUT2D eigenvalue weighted by Crippen LogP contribution is 2.39. The summed E-state index contributed by atoms with van der Waals surface area (Å²) in [6.45, 7) is 0.594. The zero-order chi connectivity index (χ0) is 21.2. The number of hydrogen-bond donors (Lipinski definition) is 0. The van der Waals surface area contributed by atoms with E-state index < -0.39 is 0 Å². The summed E-state index contributed by atoms with van der Waals surface area (Å²) in [5.41, 5.74) is 2.69. The molecule has 0 atom stereocenters. The number of carbonyl (C=O) groups excluding carboxylic acids is 1. The van der Waals surface area contributed by atoms with Crippen molar-refractivity contribution in [3.8, 4) is 28.6 Å². The first-order valence-electron chi connectivity index (χ1n) is 10.1. The van der Waals surface area contributed by atoms with Crippen LogP contribution in [-0.2, 0) is 16.0 Å². The molecular formula is C25H21O6. The maximum atomic E-state index is 11.9. The van der Waals surface area contributed by atoms with Gasteiger partial charge in [0.2, 0.25) is 6.79 Å². The summed E-state index contributed by atoms with van der Waals surface area (Å²) in [5.74, 6) is 3.14. The van der Waals surface area contributed by atoms with Gasteiger partial charge in [-0.15, -0.1) is 0 Å². The molecule has 0 N–H and O–H groups in total. The number of benzene rings is 2. The van der Waals surface area contributed by atoms with Crippen LogP contribution in [0.15, 0.2) is 40.8 Å². The van der Waals surface area contributed by atoms with Gasteiger partial charge in [-0.05, 0) is 80.5 Å². The molecule has 1 aromatic heterocycles. The zero-order valence-electron chi connectivity index (χ0n) is 17.1. The van der Waals surface area contributed by atoms with Crippen molar-refractivity contribution in [2.75, 3.05) is 20.5 Å². The molecule has 2 heterocycles. The zero-order valence-corrected chi connectivity index (χ0v) is 17.1. The first kappa shape index (κ1) is 19.8. The third kappa shape index (κ3) is 4.07. The average molecular weight is 417 g/mol. The fourth-order valence-electron chi connectivity index (χ4n) is 3.70. The molecule has 2 aliphatic rings. The van der Waals surface area contributed by atoms with Gasteiger partial charge in [-0.25, -0.2) is 0 Å². The van der Waals surface area contributed by atoms with Gasteiger partial charge < -0.3 is 23.4 Å². The highest BCUT2D eigenvalue weighted by molar-refractivity contribution is 5.91. The van der Waals surface area contributed by atoms with E-state index in [0.29, 0.717) is 36.0 Å². The van der Waals surface area contributed by atoms with Crippen LogP contribution >= 0.6 is 0 Å². The summed E-state index contributed by atoms with van der Waals surface area (Å²) in [5, 5.41) is 0.954. The quantitative estimate of drug-likeness (QED) is 0.409. The Labute approximate surface area is 181 Å². The van der Waals surface area contributed by atoms with Crippen LogP contribution in [0.25, 0.3) is 22.3 Å². The van der Waals surface area contributed by atoms with Crippen molar-refractivity contribution in [3.63, 3.8) is 0 Å². The fourth-order valence-corrected chi connectivity index (χ4v) is 3.70. The lowest BCUT2D eigenvalue weighted by Gasteiger charge is -2.09. The Morgan fingerprint density at radius 3 is 2.71 bits per heavy atom. The Morgan fingerprint density at radius 2 is 1.87 bits per heavy atom. The first-order valence-corrected chi connectivity index (χ1v) is 10.1. The van der Waals surface area contributed by atoms with Crippen LogP contribution in [-0.4, -0.2) is 26.5 Å². The van der Waals surface area contributed by atoms with Crippen LogP contribution in [0.1, 0.15) is 12.0 Å². The van der Waals surface area contributed by atoms with Gasteiger partial charge in [0.1, 0.15) is 5.76 Å². The number of carbonyl (C=O) groups is 1. The van der Waals surface area contributed by atoms with Gasteiger partial charge in [0.15, 0.2) is 22.8 Å². The molecule has 2 aromatic carbocycles. The molecule has 3 aromatic rings. The van der Waals surface area contributed by atoms with Crippen LogP contribution in [0, 0.1) is 31.6 Å². The molecule has 1 aliphatic carbocycles. The van der Waals surface area contributed by atoms with E-state index in [-0.39, 0.29) is 12.8 Å². The Morgan fingerprint density at radius 1 is 1.03 bits per heavy atom. The minimum absolute atomic E-state index is 0.234. The molecule has 5 radical (unpaired) electrons. The molecule has 0 bridgehead atoms. The SMILES string of the molecule is COc1cc(CCCOC(=O)[C]2[CH][CH][CH][CH]2)cc2cc(-c3ccc4c(c3)OCO4)oc12. The van der Waals surface area contributed by atoms with Crippen molar-refractivity contribution in [3.05, 3.63) is 73.6 Å². The van der Waals surface area contributed by atoms with Crippen LogP contribution < -0.4 is 14.2 Å². The minimum atomic E-state index is -0.291. The normalized spacial score (nSPS) is 15.5. The van der Waals surface area contributed by atoms with E-state index >= 15 is 0 Å². The summed E-state index contributed by atoms with van der Waals surface area (Å²) in [6, 6.07) is 11.8. The molecule has 157 valence electrons. The molecule has 0 amide bonds. The van der Waals surface area contributed by atoms with Gasteiger partial charge in [-0.2, -0.15) is 0 Å². The van der Waals surface area contributed by atoms with E-state index in [1.807, 2.05) is 43.2 Å². The second kappa shape index (κ2) is 8.53. The van der Waals surface area contributed by atoms with E-state index in [2.05, 4.69) is 6.07 Å². The number of aryl methyl sites for hydroxylation is 1. The molecule has 31 heavy (non-hydrogen) atoms. The second-order valence-corrected chi connectivity index (χ2v) is 7.31. The summed E-state index contributed by atoms with van der Waals surface area (Å²) >= 11 is 0. The maximum absolute atomic E-state index is 11.9. The van der Waals surface area contributed by atoms with Crippen molar-refractivity contribution in [1.82, 2.24) is 0 Å². The Kier molecular flexibility index (Phi) is 5.45. The van der Waals surface area contributed by atoms with Crippen LogP contribution in [0.2, 0.25) is 0 Å². The number of fused-ring (bicyclic) bond motifs is 2. The van der Waals surface area contributed by atoms with Gasteiger partial charge in [0.05, 0.1) is 19.6 Å². The molecule has 5 rings (SSSR count). The highest BCUT2D eigenvalue weighted by atomic mass is 16.7. The Hall–Kier alpha value is -3.15. The van der Waals surface area contributed by atoms with E-state index in [9.17, 15) is 4.79 Å². The fraction of sp³-hybridized carbons (Fsp3) is 0.200. The van der Waals surface area contributed by atoms with Crippen molar-refractivity contribution in [2.45, 2.75) is 12.8 Å². The number of furan rings is 1. The predicted molar refractivity (Wildman–Crippen MR) is 114 cm³/mol. The summed E-state index contributed by atoms with van der Waals surface area (Å²) in [7, 11) is 1.63. The second-order valence-electron chi connectivity index (χ2n) is 7.31. The van der Waals surface area contributed by atoms with Crippen molar-refractivity contribution < 1.29 is 28.2 Å². The van der Waals surface area contributed by atoms with Gasteiger partial charge in [0.25, 0.3) is 0 Å². The van der Waals surface area contributed by atoms with Crippen molar-refractivity contribution in [1.29, 1.82) is 0 Å². The van der Waals surface area contributed by atoms with Gasteiger partial charge in [-0.1, -0.05) is 0 Å². The third-order valence-electron chi connectivity index (χ3n) is 5.26. The molecule has 6 heteroatoms. The lowest BCUT2D eigenvalue weighted by Crippen LogP contribution is -2.14. The number of methoxy groups -OCH3 is 1. The highest BCUT2D eigenvalue weighted by Gasteiger charge is 2.25. The van der Waals surface area contributed by atoms with E-state index in [1.165, 1.54) is 0 Å². The van der Waals surface area contributed by atoms with Gasteiger partial charge in [-0.3, -0.25) is 4.79 Å². The molecule has 0 unspecified atom stereocenters. The predicted octanol–water partition coefficient (Wildman–Crippen LogP) is 4.72. The number of rotatable bonds is 7. The summed E-state index contributed by atoms with van der Waals surface area (Å²) in [4.78, 5) is 11.9. The standard InChI is InChI=1S/C25H21O6/c1-27-23-12-16(5-4-10-28-25(26)17-6-2-3-7-17)11-19-14-21(31-24(19)23)18-8-9-20-22(13-18)30-15-29-20/h2-3,6-9,11-14H,4-5,10,15H2,1H3. The Bertz CT molecular complexity index is 1090. The van der Waals surface area contributed by atoms with E-state index in [0.717, 1.165) is 34.4 Å². The molecule has 6 nitrogen and oxygen atoms in total. The topological polar surface area (TPSA) is 67.1 Å². The van der Waals surface area contributed by atoms with Crippen LogP contribution in [0.5, 0.6) is 17.2 Å². The van der Waals surface area contributed by atoms with Gasteiger partial charge in [0, 0.05) is 10.9 Å². The molecular weight excluding hydrogens is 396 g/mol. The lowest BCUT2D eigenvalue weighted by atomic mass is 10.1. The molecule has 0 saturated heterocycles. The minimum Gasteiger partial charge on any atom is -0.493 e. The van der Waals surface area contributed by atoms with E-state index in [4.69, 9.17) is 23.4 Å². The third-order valence-corrected chi connectivity index (χ3v) is 5.26. The molecule has 1 aliphatic heterocycles. The Balaban J connectivity index is 1.29. The van der Waals surface area contributed by atoms with Crippen LogP contribution in [0.3, 0.4) is 0 Å². The maximum Gasteiger partial charge on any atom is 0.313 e. The van der Waals surface area contributed by atoms with E-state index in [1.54, 1.807) is 20.0 Å². The summed E-state index contributed by atoms with van der Waals surface area (Å²) < 4.78 is 27.8. The summed E-state index contributed by atoms with van der Waals surface area (Å²) in [6.07, 6.45) is 8.61. The first-order chi connectivity index (χ1) is 15.2. The smallest absolute Gasteiger partial charge is 0.313 e. The molecule has 0 spiro atoms. The van der Waals surface area contributed by atoms with Crippen molar-refractivity contribution in [2.24, 2.45) is 0 Å².